The van der Waals surface area contributed by atoms with Crippen LogP contribution in [0.2, 0.25) is 0 Å². The highest BCUT2D eigenvalue weighted by atomic mass is 32.2. The number of ketones is 1. The molecule has 7 aliphatic heterocycles. The highest BCUT2D eigenvalue weighted by molar-refractivity contribution is 7.99. The van der Waals surface area contributed by atoms with Crippen LogP contribution in [-0.2, 0) is 37.5 Å². The number of rotatable bonds is 5. The van der Waals surface area contributed by atoms with Gasteiger partial charge in [0, 0.05) is 70.5 Å². The number of aliphatic hydroxyl groups is 1. The van der Waals surface area contributed by atoms with Gasteiger partial charge in [-0.3, -0.25) is 29.5 Å². The first-order valence-corrected chi connectivity index (χ1v) is 21.8. The second kappa shape index (κ2) is 14.8. The van der Waals surface area contributed by atoms with Crippen LogP contribution >= 0.6 is 11.8 Å². The van der Waals surface area contributed by atoms with Gasteiger partial charge in [-0.05, 0) is 62.9 Å². The Bertz CT molecular complexity index is 2470. The van der Waals surface area contributed by atoms with E-state index in [4.69, 9.17) is 28.4 Å². The van der Waals surface area contributed by atoms with Gasteiger partial charge in [0.15, 0.2) is 28.8 Å². The number of aromatic nitrogens is 1. The molecular weight excluding hydrogens is 789 g/mol. The van der Waals surface area contributed by atoms with E-state index < -0.39 is 41.1 Å². The first-order chi connectivity index (χ1) is 29.0. The lowest BCUT2D eigenvalue weighted by atomic mass is 9.73. The normalized spacial score (nSPS) is 28.1. The lowest BCUT2D eigenvalue weighted by Gasteiger charge is -2.62. The first-order valence-electron chi connectivity index (χ1n) is 20.8. The van der Waals surface area contributed by atoms with Crippen molar-refractivity contribution < 1.29 is 47.9 Å². The van der Waals surface area contributed by atoms with Crippen molar-refractivity contribution in [2.75, 3.05) is 46.5 Å². The topological polar surface area (TPSA) is 161 Å². The molecule has 4 bridgehead atoms. The number of fused-ring (bicyclic) bond motifs is 12. The minimum absolute atomic E-state index is 0.00325. The molecule has 2 fully saturated rings. The zero-order valence-electron chi connectivity index (χ0n) is 34.6. The molecule has 1 aromatic heterocycles. The Morgan fingerprint density at radius 3 is 2.65 bits per heavy atom. The van der Waals surface area contributed by atoms with Crippen LogP contribution in [0.5, 0.6) is 28.7 Å². The van der Waals surface area contributed by atoms with Gasteiger partial charge in [0.1, 0.15) is 24.1 Å². The number of thioether (sulfide) groups is 1. The number of benzene rings is 3. The monoisotopic (exact) mass is 838 g/mol. The van der Waals surface area contributed by atoms with Crippen LogP contribution in [0.15, 0.2) is 30.3 Å². The van der Waals surface area contributed by atoms with Crippen molar-refractivity contribution in [3.05, 3.63) is 75.0 Å². The van der Waals surface area contributed by atoms with E-state index in [1.54, 1.807) is 18.9 Å². The summed E-state index contributed by atoms with van der Waals surface area (Å²) in [4.78, 5) is 49.5. The average Bonchev–Trinajstić information content (AvgIpc) is 3.86. The smallest absolute Gasteiger partial charge is 0.311 e. The van der Waals surface area contributed by atoms with Crippen molar-refractivity contribution in [3.8, 4) is 28.7 Å². The van der Waals surface area contributed by atoms with Crippen molar-refractivity contribution in [1.82, 2.24) is 20.1 Å². The molecule has 60 heavy (non-hydrogen) atoms. The van der Waals surface area contributed by atoms with Gasteiger partial charge in [0.05, 0.1) is 37.1 Å². The SMILES string of the molecule is CCCC(=O)Oc1c(OC)c(C)cc2c1[C@@H]1C3[C@@H]4SC[C@]5(NCCc6c5[nH]c5ccccc65)C(=O)COC[C@H](c5c6c(c(C)c(OC(C)=O)c54)OCO6)N3[C@@H](O)[C@H](C2)N1C. The summed E-state index contributed by atoms with van der Waals surface area (Å²) in [5.74, 6) is 1.47. The highest BCUT2D eigenvalue weighted by Gasteiger charge is 2.61. The van der Waals surface area contributed by atoms with Crippen molar-refractivity contribution in [2.24, 2.45) is 0 Å². The molecule has 3 N–H and O–H groups in total. The molecule has 7 atom stereocenters. The van der Waals surface area contributed by atoms with Crippen LogP contribution in [0, 0.1) is 13.8 Å². The van der Waals surface area contributed by atoms with Crippen LogP contribution in [0.25, 0.3) is 10.9 Å². The molecule has 2 saturated heterocycles. The predicted molar refractivity (Wildman–Crippen MR) is 222 cm³/mol. The number of nitrogens with zero attached hydrogens (tertiary/aromatic N) is 2. The summed E-state index contributed by atoms with van der Waals surface area (Å²) in [6, 6.07) is 8.10. The van der Waals surface area contributed by atoms with E-state index in [-0.39, 0.29) is 50.0 Å². The van der Waals surface area contributed by atoms with Gasteiger partial charge < -0.3 is 38.5 Å². The van der Waals surface area contributed by atoms with Gasteiger partial charge in [-0.25, -0.2) is 0 Å². The van der Waals surface area contributed by atoms with Gasteiger partial charge >= 0.3 is 11.9 Å². The summed E-state index contributed by atoms with van der Waals surface area (Å²) in [6.45, 7) is 7.46. The molecule has 1 spiro atoms. The molecule has 11 rings (SSSR count). The number of methoxy groups -OCH3 is 1. The van der Waals surface area contributed by atoms with E-state index in [2.05, 4.69) is 32.2 Å². The number of hydrogen-bond acceptors (Lipinski definition) is 14. The zero-order chi connectivity index (χ0) is 41.8. The Balaban J connectivity index is 1.24. The van der Waals surface area contributed by atoms with Crippen molar-refractivity contribution in [3.63, 3.8) is 0 Å². The standard InChI is InChI=1S/C45H50N4O10S/c1-7-10-31(52)59-41-32-24(15-21(2)37(41)54-6)16-28-44(53)49-29-17-55-18-30(51)45(43-26(13-14-46-45)25-11-8-9-12-27(25)47-43)19-60-42(36(49)35(32)48(28)5)34-33(29)40-39(56-20-57-40)22(3)38(34)58-23(4)50/h8-9,11-12,15,28-29,35-36,42,44,46-47,53H,7,10,13-14,16-20H2,1-6H3/t28-,29+,35+,36?,42+,44-,45-/m0/s1. The zero-order valence-corrected chi connectivity index (χ0v) is 35.5. The van der Waals surface area contributed by atoms with Crippen LogP contribution in [0.4, 0.5) is 0 Å². The lowest BCUT2D eigenvalue weighted by Crippen LogP contribution is -2.69. The molecular formula is C45H50N4O10S. The van der Waals surface area contributed by atoms with Crippen molar-refractivity contribution in [1.29, 1.82) is 0 Å². The Morgan fingerprint density at radius 1 is 1.07 bits per heavy atom. The van der Waals surface area contributed by atoms with Gasteiger partial charge in [-0.15, -0.1) is 11.8 Å². The Morgan fingerprint density at radius 2 is 1.87 bits per heavy atom. The third kappa shape index (κ3) is 5.69. The lowest BCUT2D eigenvalue weighted by molar-refractivity contribution is -0.181. The van der Waals surface area contributed by atoms with Crippen LogP contribution < -0.4 is 29.0 Å². The molecule has 15 heteroatoms. The maximum absolute atomic E-state index is 14.9. The number of hydrogen-bond donors (Lipinski definition) is 3. The van der Waals surface area contributed by atoms with Gasteiger partial charge in [0.25, 0.3) is 0 Å². The number of nitrogens with one attached hydrogen (secondary N) is 2. The average molecular weight is 839 g/mol. The van der Waals surface area contributed by atoms with Crippen molar-refractivity contribution >= 4 is 40.4 Å². The third-order valence-electron chi connectivity index (χ3n) is 13.5. The molecule has 0 saturated carbocycles. The Labute approximate surface area is 352 Å². The molecule has 8 heterocycles. The number of carbonyl (C=O) groups excluding carboxylic acids is 3. The van der Waals surface area contributed by atoms with E-state index in [9.17, 15) is 19.5 Å². The van der Waals surface area contributed by atoms with Gasteiger partial charge in [0.2, 0.25) is 6.79 Å². The number of ether oxygens (including phenoxy) is 6. The van der Waals surface area contributed by atoms with E-state index in [1.807, 2.05) is 46.0 Å². The second-order valence-electron chi connectivity index (χ2n) is 16.8. The van der Waals surface area contributed by atoms with E-state index >= 15 is 0 Å². The fraction of sp³-hybridized carbons (Fsp3) is 0.489. The minimum Gasteiger partial charge on any atom is -0.493 e. The Hall–Kier alpha value is -4.64. The summed E-state index contributed by atoms with van der Waals surface area (Å²) in [7, 11) is 3.59. The van der Waals surface area contributed by atoms with E-state index in [0.717, 1.165) is 50.8 Å². The fourth-order valence-corrected chi connectivity index (χ4v) is 12.8. The van der Waals surface area contributed by atoms with E-state index in [0.29, 0.717) is 59.3 Å². The third-order valence-corrected chi connectivity index (χ3v) is 15.0. The summed E-state index contributed by atoms with van der Waals surface area (Å²) in [5.41, 5.74) is 6.30. The van der Waals surface area contributed by atoms with Crippen LogP contribution in [-0.4, -0.2) is 102 Å². The number of aromatic amines is 1. The molecule has 0 amide bonds. The number of Topliss-reactive ketones (excluding diaryl/α,β-unsaturated/α-hetero) is 1. The molecule has 4 aromatic rings. The number of aliphatic hydroxyl groups excluding tert-OH is 1. The Kier molecular flexibility index (Phi) is 9.72. The number of piperazine rings is 1. The quantitative estimate of drug-likeness (QED) is 0.177. The molecule has 3 aromatic carbocycles. The summed E-state index contributed by atoms with van der Waals surface area (Å²) in [6.07, 6.45) is 1.03. The fourth-order valence-electron chi connectivity index (χ4n) is 11.1. The molecule has 316 valence electrons. The molecule has 0 aliphatic carbocycles. The summed E-state index contributed by atoms with van der Waals surface area (Å²) >= 11 is 1.57. The second-order valence-corrected chi connectivity index (χ2v) is 17.9. The predicted octanol–water partition coefficient (Wildman–Crippen LogP) is 5.22. The molecule has 1 unspecified atom stereocenters. The van der Waals surface area contributed by atoms with Gasteiger partial charge in [-0.2, -0.15) is 0 Å². The van der Waals surface area contributed by atoms with Crippen LogP contribution in [0.3, 0.4) is 0 Å². The maximum atomic E-state index is 14.9. The van der Waals surface area contributed by atoms with E-state index in [1.165, 1.54) is 6.92 Å². The summed E-state index contributed by atoms with van der Waals surface area (Å²) < 4.78 is 37.6. The number of para-hydroxylation sites is 1. The molecule has 7 aliphatic rings. The first kappa shape index (κ1) is 39.5. The number of aryl methyl sites for hydroxylation is 1. The van der Waals surface area contributed by atoms with Crippen LogP contribution in [0.1, 0.15) is 88.7 Å². The highest BCUT2D eigenvalue weighted by Crippen LogP contribution is 2.64. The maximum Gasteiger partial charge on any atom is 0.311 e. The largest absolute Gasteiger partial charge is 0.493 e. The van der Waals surface area contributed by atoms with Crippen molar-refractivity contribution in [2.45, 2.75) is 94.6 Å². The number of esters is 2. The van der Waals surface area contributed by atoms with Gasteiger partial charge in [-0.1, -0.05) is 31.2 Å². The number of likely N-dealkylation sites (N-methyl/N-ethyl adjacent to an activating group) is 1. The number of H-pyrrole nitrogens is 1. The summed E-state index contributed by atoms with van der Waals surface area (Å²) in [5, 5.41) is 17.0. The molecule has 14 nitrogen and oxygen atoms in total. The minimum atomic E-state index is -1.18. The molecule has 0 radical (unpaired) electrons. The number of carbonyl (C=O) groups is 3.